The number of ether oxygens (including phenoxy) is 1. The third-order valence-electron chi connectivity index (χ3n) is 4.06. The highest BCUT2D eigenvalue weighted by Crippen LogP contribution is 2.31. The van der Waals surface area contributed by atoms with Crippen LogP contribution in [0.3, 0.4) is 0 Å². The standard InChI is InChI=1S/C18H20ClNO/c1-20-11-10-18(21-16-9-5-8-15(19)12-16)17(13-20)14-6-3-2-4-7-14/h2-9,12,17-18H,10-11,13H2,1H3. The Morgan fingerprint density at radius 3 is 2.67 bits per heavy atom. The maximum absolute atomic E-state index is 6.24. The van der Waals surface area contributed by atoms with Crippen molar-refractivity contribution in [3.05, 3.63) is 65.2 Å². The molecule has 110 valence electrons. The summed E-state index contributed by atoms with van der Waals surface area (Å²) in [6, 6.07) is 18.3. The van der Waals surface area contributed by atoms with Gasteiger partial charge in [0.2, 0.25) is 0 Å². The number of halogens is 1. The monoisotopic (exact) mass is 301 g/mol. The second-order valence-corrected chi connectivity index (χ2v) is 6.12. The first-order valence-electron chi connectivity index (χ1n) is 7.38. The summed E-state index contributed by atoms with van der Waals surface area (Å²) in [6.07, 6.45) is 1.23. The van der Waals surface area contributed by atoms with Crippen LogP contribution in [0.2, 0.25) is 5.02 Å². The summed E-state index contributed by atoms with van der Waals surface area (Å²) in [5.74, 6) is 1.25. The zero-order valence-corrected chi connectivity index (χ0v) is 13.0. The number of piperidine rings is 1. The number of hydrogen-bond donors (Lipinski definition) is 0. The van der Waals surface area contributed by atoms with Crippen LogP contribution in [0.15, 0.2) is 54.6 Å². The van der Waals surface area contributed by atoms with Gasteiger partial charge >= 0.3 is 0 Å². The van der Waals surface area contributed by atoms with Gasteiger partial charge in [0.1, 0.15) is 11.9 Å². The summed E-state index contributed by atoms with van der Waals surface area (Å²) in [5, 5.41) is 0.719. The molecular formula is C18H20ClNO. The van der Waals surface area contributed by atoms with Crippen molar-refractivity contribution in [2.24, 2.45) is 0 Å². The molecule has 21 heavy (non-hydrogen) atoms. The predicted octanol–water partition coefficient (Wildman–Crippen LogP) is 4.21. The van der Waals surface area contributed by atoms with Gasteiger partial charge in [0.05, 0.1) is 0 Å². The molecule has 1 aliphatic rings. The molecule has 1 heterocycles. The lowest BCUT2D eigenvalue weighted by Gasteiger charge is -2.37. The molecule has 1 saturated heterocycles. The van der Waals surface area contributed by atoms with E-state index in [1.54, 1.807) is 0 Å². The van der Waals surface area contributed by atoms with Crippen molar-refractivity contribution in [3.63, 3.8) is 0 Å². The van der Waals surface area contributed by atoms with Gasteiger partial charge in [0.25, 0.3) is 0 Å². The first kappa shape index (κ1) is 14.4. The Balaban J connectivity index is 1.81. The van der Waals surface area contributed by atoms with Crippen molar-refractivity contribution >= 4 is 11.6 Å². The molecule has 0 N–H and O–H groups in total. The van der Waals surface area contributed by atoms with Gasteiger partial charge in [0, 0.05) is 24.0 Å². The van der Waals surface area contributed by atoms with Gasteiger partial charge in [-0.2, -0.15) is 0 Å². The molecule has 0 bridgehead atoms. The molecule has 0 radical (unpaired) electrons. The maximum atomic E-state index is 6.24. The van der Waals surface area contributed by atoms with Gasteiger partial charge in [-0.3, -0.25) is 0 Å². The molecule has 0 amide bonds. The zero-order valence-electron chi connectivity index (χ0n) is 12.2. The number of rotatable bonds is 3. The lowest BCUT2D eigenvalue weighted by Crippen LogP contribution is -2.42. The highest BCUT2D eigenvalue weighted by Gasteiger charge is 2.30. The largest absolute Gasteiger partial charge is 0.490 e. The fourth-order valence-corrected chi connectivity index (χ4v) is 3.15. The van der Waals surface area contributed by atoms with E-state index in [9.17, 15) is 0 Å². The number of likely N-dealkylation sites (tertiary alicyclic amines) is 1. The Morgan fingerprint density at radius 2 is 1.90 bits per heavy atom. The highest BCUT2D eigenvalue weighted by molar-refractivity contribution is 6.30. The summed E-state index contributed by atoms with van der Waals surface area (Å²) >= 11 is 6.05. The van der Waals surface area contributed by atoms with Crippen molar-refractivity contribution in [3.8, 4) is 5.75 Å². The van der Waals surface area contributed by atoms with Crippen molar-refractivity contribution < 1.29 is 4.74 Å². The summed E-state index contributed by atoms with van der Waals surface area (Å²) in [6.45, 7) is 2.09. The van der Waals surface area contributed by atoms with E-state index in [1.807, 2.05) is 24.3 Å². The summed E-state index contributed by atoms with van der Waals surface area (Å²) in [5.41, 5.74) is 1.34. The Morgan fingerprint density at radius 1 is 1.10 bits per heavy atom. The Hall–Kier alpha value is -1.51. The Labute approximate surface area is 131 Å². The number of hydrogen-bond acceptors (Lipinski definition) is 2. The molecule has 3 heteroatoms. The average molecular weight is 302 g/mol. The lowest BCUT2D eigenvalue weighted by atomic mass is 9.88. The molecule has 2 nitrogen and oxygen atoms in total. The van der Waals surface area contributed by atoms with Crippen molar-refractivity contribution in [1.29, 1.82) is 0 Å². The summed E-state index contributed by atoms with van der Waals surface area (Å²) in [4.78, 5) is 2.37. The van der Waals surface area contributed by atoms with Gasteiger partial charge in [-0.1, -0.05) is 48.0 Å². The van der Waals surface area contributed by atoms with Crippen molar-refractivity contribution in [1.82, 2.24) is 4.90 Å². The van der Waals surface area contributed by atoms with Gasteiger partial charge in [-0.05, 0) is 37.2 Å². The van der Waals surface area contributed by atoms with Crippen LogP contribution in [-0.4, -0.2) is 31.1 Å². The Bertz CT molecular complexity index is 587. The number of likely N-dealkylation sites (N-methyl/N-ethyl adjacent to an activating group) is 1. The molecular weight excluding hydrogens is 282 g/mol. The molecule has 0 aliphatic carbocycles. The first-order valence-corrected chi connectivity index (χ1v) is 7.76. The SMILES string of the molecule is CN1CCC(Oc2cccc(Cl)c2)C(c2ccccc2)C1. The van der Waals surface area contributed by atoms with Gasteiger partial charge < -0.3 is 9.64 Å². The fraction of sp³-hybridized carbons (Fsp3) is 0.333. The number of benzene rings is 2. The van der Waals surface area contributed by atoms with E-state index >= 15 is 0 Å². The molecule has 3 rings (SSSR count). The van der Waals surface area contributed by atoms with E-state index in [1.165, 1.54) is 5.56 Å². The first-order chi connectivity index (χ1) is 10.2. The van der Waals surface area contributed by atoms with Crippen LogP contribution >= 0.6 is 11.6 Å². The molecule has 2 unspecified atom stereocenters. The predicted molar refractivity (Wildman–Crippen MR) is 87.2 cm³/mol. The molecule has 2 aromatic rings. The summed E-state index contributed by atoms with van der Waals surface area (Å²) < 4.78 is 6.24. The van der Waals surface area contributed by atoms with Crippen LogP contribution in [0, 0.1) is 0 Å². The smallest absolute Gasteiger partial charge is 0.121 e. The molecule has 1 aliphatic heterocycles. The van der Waals surface area contributed by atoms with Crippen LogP contribution in [0.25, 0.3) is 0 Å². The average Bonchev–Trinajstić information content (AvgIpc) is 2.50. The topological polar surface area (TPSA) is 12.5 Å². The van der Waals surface area contributed by atoms with Gasteiger partial charge in [0.15, 0.2) is 0 Å². The maximum Gasteiger partial charge on any atom is 0.121 e. The lowest BCUT2D eigenvalue weighted by molar-refractivity contribution is 0.0902. The molecule has 0 spiro atoms. The van der Waals surface area contributed by atoms with E-state index < -0.39 is 0 Å². The van der Waals surface area contributed by atoms with E-state index in [2.05, 4.69) is 42.3 Å². The van der Waals surface area contributed by atoms with E-state index in [0.29, 0.717) is 5.92 Å². The van der Waals surface area contributed by atoms with Crippen molar-refractivity contribution in [2.75, 3.05) is 20.1 Å². The van der Waals surface area contributed by atoms with Gasteiger partial charge in [-0.25, -0.2) is 0 Å². The van der Waals surface area contributed by atoms with Crippen LogP contribution < -0.4 is 4.74 Å². The van der Waals surface area contributed by atoms with Crippen LogP contribution in [0.4, 0.5) is 0 Å². The van der Waals surface area contributed by atoms with Crippen LogP contribution in [0.5, 0.6) is 5.75 Å². The highest BCUT2D eigenvalue weighted by atomic mass is 35.5. The zero-order chi connectivity index (χ0) is 14.7. The minimum atomic E-state index is 0.196. The van der Waals surface area contributed by atoms with E-state index in [-0.39, 0.29) is 6.10 Å². The van der Waals surface area contributed by atoms with Crippen LogP contribution in [-0.2, 0) is 0 Å². The van der Waals surface area contributed by atoms with Crippen LogP contribution in [0.1, 0.15) is 17.9 Å². The summed E-state index contributed by atoms with van der Waals surface area (Å²) in [7, 11) is 2.17. The molecule has 1 fully saturated rings. The molecule has 0 aromatic heterocycles. The van der Waals surface area contributed by atoms with E-state index in [4.69, 9.17) is 16.3 Å². The second-order valence-electron chi connectivity index (χ2n) is 5.68. The minimum absolute atomic E-state index is 0.196. The van der Waals surface area contributed by atoms with E-state index in [0.717, 1.165) is 30.3 Å². The molecule has 0 saturated carbocycles. The Kier molecular flexibility index (Phi) is 4.47. The molecule has 2 aromatic carbocycles. The van der Waals surface area contributed by atoms with Gasteiger partial charge in [-0.15, -0.1) is 0 Å². The fourth-order valence-electron chi connectivity index (χ4n) is 2.97. The minimum Gasteiger partial charge on any atom is -0.490 e. The quantitative estimate of drug-likeness (QED) is 0.842. The third kappa shape index (κ3) is 3.58. The molecule has 2 atom stereocenters. The normalized spacial score (nSPS) is 23.0. The second kappa shape index (κ2) is 6.50. The third-order valence-corrected chi connectivity index (χ3v) is 4.30. The van der Waals surface area contributed by atoms with Crippen molar-refractivity contribution in [2.45, 2.75) is 18.4 Å². The number of nitrogens with zero attached hydrogens (tertiary/aromatic N) is 1.